The molecule has 1 amide bonds. The van der Waals surface area contributed by atoms with Crippen molar-refractivity contribution in [1.29, 1.82) is 0 Å². The van der Waals surface area contributed by atoms with E-state index in [1.165, 1.54) is 7.11 Å². The van der Waals surface area contributed by atoms with Gasteiger partial charge in [-0.25, -0.2) is 4.98 Å². The van der Waals surface area contributed by atoms with Crippen molar-refractivity contribution in [2.45, 2.75) is 13.8 Å². The van der Waals surface area contributed by atoms with Crippen LogP contribution in [0.2, 0.25) is 0 Å². The van der Waals surface area contributed by atoms with E-state index in [0.717, 1.165) is 0 Å². The summed E-state index contributed by atoms with van der Waals surface area (Å²) in [6.07, 6.45) is 0. The minimum atomic E-state index is -0.0715. The first-order chi connectivity index (χ1) is 7.65. The number of amides is 1. The van der Waals surface area contributed by atoms with Crippen molar-refractivity contribution >= 4 is 11.7 Å². The van der Waals surface area contributed by atoms with E-state index in [1.807, 2.05) is 6.92 Å². The predicted molar refractivity (Wildman–Crippen MR) is 60.5 cm³/mol. The molecule has 0 fully saturated rings. The normalized spacial score (nSPS) is 9.69. The number of carbonyl (C=O) groups excluding carboxylic acids is 1. The maximum Gasteiger partial charge on any atom is 0.239 e. The lowest BCUT2D eigenvalue weighted by Gasteiger charge is -2.07. The van der Waals surface area contributed by atoms with E-state index in [9.17, 15) is 4.79 Å². The second-order valence-corrected chi connectivity index (χ2v) is 3.15. The van der Waals surface area contributed by atoms with Crippen molar-refractivity contribution in [2.75, 3.05) is 25.5 Å². The molecule has 0 aliphatic rings. The third-order valence-electron chi connectivity index (χ3n) is 1.83. The van der Waals surface area contributed by atoms with Gasteiger partial charge in [0.1, 0.15) is 11.6 Å². The number of aromatic nitrogens is 2. The summed E-state index contributed by atoms with van der Waals surface area (Å²) in [5, 5.41) is 5.58. The summed E-state index contributed by atoms with van der Waals surface area (Å²) in [6.45, 7) is 4.44. The number of hydrogen-bond donors (Lipinski definition) is 2. The van der Waals surface area contributed by atoms with E-state index < -0.39 is 0 Å². The molecule has 0 saturated heterocycles. The summed E-state index contributed by atoms with van der Waals surface area (Å²) in [4.78, 5) is 19.4. The largest absolute Gasteiger partial charge is 0.481 e. The highest BCUT2D eigenvalue weighted by atomic mass is 16.5. The first kappa shape index (κ1) is 12.2. The van der Waals surface area contributed by atoms with Crippen LogP contribution in [0.4, 0.5) is 5.82 Å². The highest BCUT2D eigenvalue weighted by Gasteiger charge is 2.03. The average Bonchev–Trinajstić information content (AvgIpc) is 2.26. The maximum absolute atomic E-state index is 11.2. The minimum absolute atomic E-state index is 0.0715. The molecule has 0 unspecified atom stereocenters. The molecule has 0 aliphatic carbocycles. The standard InChI is InChI=1S/C10H16N4O2/c1-4-11-9(15)6-12-8-5-10(16-3)14-7(2)13-8/h5H,4,6H2,1-3H3,(H,11,15)(H,12,13,14). The quantitative estimate of drug-likeness (QED) is 0.754. The van der Waals surface area contributed by atoms with Gasteiger partial charge in [-0.05, 0) is 13.8 Å². The highest BCUT2D eigenvalue weighted by Crippen LogP contribution is 2.11. The third kappa shape index (κ3) is 3.72. The predicted octanol–water partition coefficient (Wildman–Crippen LogP) is 0.342. The topological polar surface area (TPSA) is 76.1 Å². The molecular formula is C10H16N4O2. The molecule has 1 rings (SSSR count). The van der Waals surface area contributed by atoms with Crippen LogP contribution < -0.4 is 15.4 Å². The molecule has 16 heavy (non-hydrogen) atoms. The van der Waals surface area contributed by atoms with Crippen LogP contribution in [0.5, 0.6) is 5.88 Å². The zero-order chi connectivity index (χ0) is 12.0. The molecule has 1 aromatic rings. The zero-order valence-electron chi connectivity index (χ0n) is 9.70. The number of anilines is 1. The molecule has 1 heterocycles. The van der Waals surface area contributed by atoms with Crippen molar-refractivity contribution in [2.24, 2.45) is 0 Å². The Kier molecular flexibility index (Phi) is 4.50. The molecule has 0 spiro atoms. The van der Waals surface area contributed by atoms with E-state index >= 15 is 0 Å². The minimum Gasteiger partial charge on any atom is -0.481 e. The Morgan fingerprint density at radius 2 is 2.25 bits per heavy atom. The smallest absolute Gasteiger partial charge is 0.239 e. The average molecular weight is 224 g/mol. The van der Waals surface area contributed by atoms with Crippen LogP contribution in [-0.4, -0.2) is 36.1 Å². The van der Waals surface area contributed by atoms with Crippen molar-refractivity contribution < 1.29 is 9.53 Å². The molecule has 6 nitrogen and oxygen atoms in total. The number of nitrogens with one attached hydrogen (secondary N) is 2. The van der Waals surface area contributed by atoms with Crippen LogP contribution in [0.1, 0.15) is 12.7 Å². The van der Waals surface area contributed by atoms with Gasteiger partial charge in [0.2, 0.25) is 11.8 Å². The lowest BCUT2D eigenvalue weighted by molar-refractivity contribution is -0.119. The molecule has 6 heteroatoms. The Hall–Kier alpha value is -1.85. The molecular weight excluding hydrogens is 208 g/mol. The monoisotopic (exact) mass is 224 g/mol. The van der Waals surface area contributed by atoms with Crippen LogP contribution >= 0.6 is 0 Å². The van der Waals surface area contributed by atoms with E-state index in [4.69, 9.17) is 4.74 Å². The summed E-state index contributed by atoms with van der Waals surface area (Å²) in [5.74, 6) is 1.58. The number of rotatable bonds is 5. The van der Waals surface area contributed by atoms with E-state index in [2.05, 4.69) is 20.6 Å². The van der Waals surface area contributed by atoms with Crippen molar-refractivity contribution in [1.82, 2.24) is 15.3 Å². The number of nitrogens with zero attached hydrogens (tertiary/aromatic N) is 2. The first-order valence-electron chi connectivity index (χ1n) is 5.06. The van der Waals surface area contributed by atoms with Gasteiger partial charge in [0, 0.05) is 12.6 Å². The van der Waals surface area contributed by atoms with Gasteiger partial charge in [-0.3, -0.25) is 4.79 Å². The molecule has 0 aromatic carbocycles. The van der Waals surface area contributed by atoms with Gasteiger partial charge in [0.15, 0.2) is 0 Å². The molecule has 1 aromatic heterocycles. The Labute approximate surface area is 94.4 Å². The molecule has 0 saturated carbocycles. The molecule has 0 radical (unpaired) electrons. The highest BCUT2D eigenvalue weighted by molar-refractivity contribution is 5.80. The number of ether oxygens (including phenoxy) is 1. The van der Waals surface area contributed by atoms with E-state index in [-0.39, 0.29) is 12.5 Å². The van der Waals surface area contributed by atoms with Gasteiger partial charge in [-0.2, -0.15) is 4.98 Å². The van der Waals surface area contributed by atoms with Crippen LogP contribution in [0.25, 0.3) is 0 Å². The Balaban J connectivity index is 2.59. The molecule has 0 bridgehead atoms. The van der Waals surface area contributed by atoms with Crippen LogP contribution in [0, 0.1) is 6.92 Å². The van der Waals surface area contributed by atoms with Gasteiger partial charge >= 0.3 is 0 Å². The second kappa shape index (κ2) is 5.89. The number of methoxy groups -OCH3 is 1. The van der Waals surface area contributed by atoms with Gasteiger partial charge < -0.3 is 15.4 Å². The fourth-order valence-electron chi connectivity index (χ4n) is 1.17. The Bertz CT molecular complexity index is 368. The molecule has 0 aliphatic heterocycles. The van der Waals surface area contributed by atoms with Gasteiger partial charge in [-0.1, -0.05) is 0 Å². The lowest BCUT2D eigenvalue weighted by atomic mass is 10.5. The zero-order valence-corrected chi connectivity index (χ0v) is 9.70. The molecule has 88 valence electrons. The summed E-state index contributed by atoms with van der Waals surface area (Å²) in [5.41, 5.74) is 0. The van der Waals surface area contributed by atoms with Crippen molar-refractivity contribution in [3.63, 3.8) is 0 Å². The van der Waals surface area contributed by atoms with E-state index in [1.54, 1.807) is 13.0 Å². The fourth-order valence-corrected chi connectivity index (χ4v) is 1.17. The summed E-state index contributed by atoms with van der Waals surface area (Å²) in [7, 11) is 1.54. The number of carbonyl (C=O) groups is 1. The fraction of sp³-hybridized carbons (Fsp3) is 0.500. The molecule has 2 N–H and O–H groups in total. The Morgan fingerprint density at radius 3 is 2.88 bits per heavy atom. The lowest BCUT2D eigenvalue weighted by Crippen LogP contribution is -2.29. The number of aryl methyl sites for hydroxylation is 1. The molecule has 0 atom stereocenters. The summed E-state index contributed by atoms with van der Waals surface area (Å²) < 4.78 is 5.00. The van der Waals surface area contributed by atoms with Gasteiger partial charge in [0.25, 0.3) is 0 Å². The van der Waals surface area contributed by atoms with Gasteiger partial charge in [-0.15, -0.1) is 0 Å². The van der Waals surface area contributed by atoms with Crippen LogP contribution in [0.3, 0.4) is 0 Å². The summed E-state index contributed by atoms with van der Waals surface area (Å²) in [6, 6.07) is 1.65. The third-order valence-corrected chi connectivity index (χ3v) is 1.83. The number of likely N-dealkylation sites (N-methyl/N-ethyl adjacent to an activating group) is 1. The van der Waals surface area contributed by atoms with Crippen LogP contribution in [-0.2, 0) is 4.79 Å². The van der Waals surface area contributed by atoms with Crippen LogP contribution in [0.15, 0.2) is 6.07 Å². The summed E-state index contributed by atoms with van der Waals surface area (Å²) >= 11 is 0. The van der Waals surface area contributed by atoms with Crippen molar-refractivity contribution in [3.8, 4) is 5.88 Å². The maximum atomic E-state index is 11.2. The number of hydrogen-bond acceptors (Lipinski definition) is 5. The second-order valence-electron chi connectivity index (χ2n) is 3.15. The first-order valence-corrected chi connectivity index (χ1v) is 5.06. The SMILES string of the molecule is CCNC(=O)CNc1cc(OC)nc(C)n1. The Morgan fingerprint density at radius 1 is 1.50 bits per heavy atom. The van der Waals surface area contributed by atoms with Gasteiger partial charge in [0.05, 0.1) is 13.7 Å². The van der Waals surface area contributed by atoms with Crippen molar-refractivity contribution in [3.05, 3.63) is 11.9 Å². The van der Waals surface area contributed by atoms with E-state index in [0.29, 0.717) is 24.1 Å².